The van der Waals surface area contributed by atoms with E-state index in [9.17, 15) is 18.0 Å². The lowest BCUT2D eigenvalue weighted by Crippen LogP contribution is -2.36. The maximum atomic E-state index is 13.7. The zero-order valence-electron chi connectivity index (χ0n) is 15.3. The first kappa shape index (κ1) is 19.0. The highest BCUT2D eigenvalue weighted by molar-refractivity contribution is 5.98. The number of carbonyl (C=O) groups excluding carboxylic acids is 1. The molecule has 0 radical (unpaired) electrons. The van der Waals surface area contributed by atoms with E-state index in [0.29, 0.717) is 13.0 Å². The van der Waals surface area contributed by atoms with Gasteiger partial charge in [0.2, 0.25) is 0 Å². The summed E-state index contributed by atoms with van der Waals surface area (Å²) in [6.45, 7) is 0.316. The average molecular weight is 404 g/mol. The van der Waals surface area contributed by atoms with Crippen LogP contribution in [0.15, 0.2) is 49.1 Å². The minimum absolute atomic E-state index is 0.0754. The van der Waals surface area contributed by atoms with E-state index in [4.69, 9.17) is 0 Å². The van der Waals surface area contributed by atoms with E-state index in [0.717, 1.165) is 15.9 Å². The van der Waals surface area contributed by atoms with E-state index in [1.165, 1.54) is 12.5 Å². The minimum Gasteiger partial charge on any atom is -0.363 e. The van der Waals surface area contributed by atoms with Gasteiger partial charge in [-0.25, -0.2) is 9.67 Å². The van der Waals surface area contributed by atoms with Crippen molar-refractivity contribution in [3.8, 4) is 0 Å². The molecule has 1 aliphatic rings. The van der Waals surface area contributed by atoms with Gasteiger partial charge in [-0.2, -0.15) is 18.3 Å². The van der Waals surface area contributed by atoms with Gasteiger partial charge in [0.25, 0.3) is 5.91 Å². The standard InChI is InChI=1S/C19H19F3N6O/c20-19(21,22)16-8-15(12-4-2-1-3-5-12)27-17-14(10-26-28(16)17)18(29)24-7-6-13-9-23-11-25-13/h1-5,9-11,15-16,27H,6-8H2,(H,23,25)(H,24,29). The second-order valence-corrected chi connectivity index (χ2v) is 6.83. The van der Waals surface area contributed by atoms with E-state index < -0.39 is 24.2 Å². The average Bonchev–Trinajstić information content (AvgIpc) is 3.36. The van der Waals surface area contributed by atoms with Crippen LogP contribution in [0, 0.1) is 0 Å². The van der Waals surface area contributed by atoms with Gasteiger partial charge in [0.15, 0.2) is 6.04 Å². The Morgan fingerprint density at radius 3 is 2.72 bits per heavy atom. The third-order valence-corrected chi connectivity index (χ3v) is 4.92. The summed E-state index contributed by atoms with van der Waals surface area (Å²) in [4.78, 5) is 19.4. The number of aromatic nitrogens is 4. The Kier molecular flexibility index (Phi) is 4.99. The van der Waals surface area contributed by atoms with Crippen molar-refractivity contribution in [1.82, 2.24) is 25.1 Å². The van der Waals surface area contributed by atoms with Gasteiger partial charge < -0.3 is 15.6 Å². The fourth-order valence-corrected chi connectivity index (χ4v) is 3.46. The second kappa shape index (κ2) is 7.61. The monoisotopic (exact) mass is 404 g/mol. The van der Waals surface area contributed by atoms with Crippen molar-refractivity contribution in [2.75, 3.05) is 11.9 Å². The number of nitrogens with zero attached hydrogens (tertiary/aromatic N) is 3. The molecule has 7 nitrogen and oxygen atoms in total. The molecule has 0 saturated heterocycles. The zero-order chi connectivity index (χ0) is 20.4. The number of fused-ring (bicyclic) bond motifs is 1. The molecular formula is C19H19F3N6O. The first-order chi connectivity index (χ1) is 13.9. The molecule has 4 rings (SSSR count). The van der Waals surface area contributed by atoms with Gasteiger partial charge in [-0.3, -0.25) is 4.79 Å². The molecule has 0 saturated carbocycles. The molecule has 3 N–H and O–H groups in total. The van der Waals surface area contributed by atoms with E-state index in [-0.39, 0.29) is 17.8 Å². The molecule has 2 aromatic heterocycles. The molecule has 0 fully saturated rings. The Morgan fingerprint density at radius 1 is 1.24 bits per heavy atom. The molecule has 3 aromatic rings. The molecule has 2 unspecified atom stereocenters. The van der Waals surface area contributed by atoms with Crippen LogP contribution in [0.3, 0.4) is 0 Å². The van der Waals surface area contributed by atoms with Gasteiger partial charge in [-0.15, -0.1) is 0 Å². The SMILES string of the molecule is O=C(NCCc1cnc[nH]1)c1cnn2c1NC(c1ccccc1)CC2C(F)(F)F. The Hall–Kier alpha value is -3.30. The third-order valence-electron chi connectivity index (χ3n) is 4.92. The lowest BCUT2D eigenvalue weighted by atomic mass is 9.96. The molecule has 152 valence electrons. The first-order valence-corrected chi connectivity index (χ1v) is 9.14. The molecule has 0 spiro atoms. The van der Waals surface area contributed by atoms with Crippen molar-refractivity contribution in [1.29, 1.82) is 0 Å². The van der Waals surface area contributed by atoms with Crippen LogP contribution in [0.1, 0.15) is 40.1 Å². The van der Waals surface area contributed by atoms with Gasteiger partial charge in [0.05, 0.1) is 18.6 Å². The van der Waals surface area contributed by atoms with Crippen LogP contribution in [0.4, 0.5) is 19.0 Å². The molecule has 0 bridgehead atoms. The Bertz CT molecular complexity index is 968. The largest absolute Gasteiger partial charge is 0.410 e. The predicted octanol–water partition coefficient (Wildman–Crippen LogP) is 3.24. The highest BCUT2D eigenvalue weighted by atomic mass is 19.4. The number of benzene rings is 1. The van der Waals surface area contributed by atoms with E-state index >= 15 is 0 Å². The molecule has 3 heterocycles. The predicted molar refractivity (Wildman–Crippen MR) is 99.4 cm³/mol. The number of imidazole rings is 1. The normalized spacial score (nSPS) is 18.7. The summed E-state index contributed by atoms with van der Waals surface area (Å²) >= 11 is 0. The van der Waals surface area contributed by atoms with Crippen LogP contribution in [0.2, 0.25) is 0 Å². The topological polar surface area (TPSA) is 87.6 Å². The Labute approximate surface area is 164 Å². The number of halogens is 3. The van der Waals surface area contributed by atoms with Gasteiger partial charge >= 0.3 is 6.18 Å². The summed E-state index contributed by atoms with van der Waals surface area (Å²) < 4.78 is 41.9. The lowest BCUT2D eigenvalue weighted by Gasteiger charge is -2.34. The fourth-order valence-electron chi connectivity index (χ4n) is 3.46. The van der Waals surface area contributed by atoms with Gasteiger partial charge in [0.1, 0.15) is 11.4 Å². The van der Waals surface area contributed by atoms with Crippen molar-refractivity contribution >= 4 is 11.7 Å². The molecule has 29 heavy (non-hydrogen) atoms. The maximum absolute atomic E-state index is 13.7. The van der Waals surface area contributed by atoms with Gasteiger partial charge in [0, 0.05) is 31.3 Å². The molecule has 0 aliphatic carbocycles. The van der Waals surface area contributed by atoms with Crippen LogP contribution in [-0.4, -0.2) is 38.4 Å². The van der Waals surface area contributed by atoms with Crippen molar-refractivity contribution in [2.24, 2.45) is 0 Å². The number of carbonyl (C=O) groups is 1. The van der Waals surface area contributed by atoms with Crippen molar-refractivity contribution in [2.45, 2.75) is 31.1 Å². The zero-order valence-corrected chi connectivity index (χ0v) is 15.3. The first-order valence-electron chi connectivity index (χ1n) is 9.14. The number of nitrogens with one attached hydrogen (secondary N) is 3. The maximum Gasteiger partial charge on any atom is 0.410 e. The van der Waals surface area contributed by atoms with E-state index in [2.05, 4.69) is 25.7 Å². The van der Waals surface area contributed by atoms with E-state index in [1.807, 2.05) is 0 Å². The summed E-state index contributed by atoms with van der Waals surface area (Å²) in [5.74, 6) is -0.403. The smallest absolute Gasteiger partial charge is 0.363 e. The van der Waals surface area contributed by atoms with Crippen LogP contribution in [0.25, 0.3) is 0 Å². The second-order valence-electron chi connectivity index (χ2n) is 6.83. The van der Waals surface area contributed by atoms with Crippen molar-refractivity contribution in [3.05, 3.63) is 65.9 Å². The molecule has 1 amide bonds. The molecule has 2 atom stereocenters. The van der Waals surface area contributed by atoms with Gasteiger partial charge in [-0.05, 0) is 5.56 Å². The Balaban J connectivity index is 1.57. The summed E-state index contributed by atoms with van der Waals surface area (Å²) in [6.07, 6.45) is 0.206. The molecule has 1 aliphatic heterocycles. The van der Waals surface area contributed by atoms with Crippen LogP contribution in [-0.2, 0) is 6.42 Å². The number of hydrogen-bond acceptors (Lipinski definition) is 4. The quantitative estimate of drug-likeness (QED) is 0.609. The highest BCUT2D eigenvalue weighted by Crippen LogP contribution is 2.44. The molecule has 1 aromatic carbocycles. The van der Waals surface area contributed by atoms with Gasteiger partial charge in [-0.1, -0.05) is 30.3 Å². The van der Waals surface area contributed by atoms with Crippen molar-refractivity contribution < 1.29 is 18.0 Å². The number of hydrogen-bond donors (Lipinski definition) is 3. The number of anilines is 1. The van der Waals surface area contributed by atoms with Crippen LogP contribution in [0.5, 0.6) is 0 Å². The van der Waals surface area contributed by atoms with Crippen LogP contribution < -0.4 is 10.6 Å². The van der Waals surface area contributed by atoms with Crippen molar-refractivity contribution in [3.63, 3.8) is 0 Å². The lowest BCUT2D eigenvalue weighted by molar-refractivity contribution is -0.173. The highest BCUT2D eigenvalue weighted by Gasteiger charge is 2.47. The Morgan fingerprint density at radius 2 is 2.03 bits per heavy atom. The summed E-state index contributed by atoms with van der Waals surface area (Å²) in [5.41, 5.74) is 1.66. The number of aromatic amines is 1. The number of amides is 1. The number of alkyl halides is 3. The molecular weight excluding hydrogens is 385 g/mol. The van der Waals surface area contributed by atoms with E-state index in [1.54, 1.807) is 36.5 Å². The van der Waals surface area contributed by atoms with Crippen LogP contribution >= 0.6 is 0 Å². The summed E-state index contributed by atoms with van der Waals surface area (Å²) in [7, 11) is 0. The fraction of sp³-hybridized carbons (Fsp3) is 0.316. The molecule has 10 heteroatoms. The summed E-state index contributed by atoms with van der Waals surface area (Å²) in [5, 5.41) is 9.66. The minimum atomic E-state index is -4.48. The number of H-pyrrole nitrogens is 1. The number of rotatable bonds is 5. The summed E-state index contributed by atoms with van der Waals surface area (Å²) in [6, 6.07) is 6.49. The third kappa shape index (κ3) is 3.96.